The molecule has 1 nitrogen and oxygen atoms in total. The fraction of sp³-hybridized carbons (Fsp3) is 0.111. The van der Waals surface area contributed by atoms with E-state index in [0.29, 0.717) is 0 Å². The van der Waals surface area contributed by atoms with Crippen LogP contribution in [0.1, 0.15) is 11.1 Å². The first-order valence-electron chi connectivity index (χ1n) is 6.70. The molecule has 0 saturated heterocycles. The zero-order chi connectivity index (χ0) is 13.9. The topological polar surface area (TPSA) is 4.93 Å². The molecule has 0 N–H and O–H groups in total. The van der Waals surface area contributed by atoms with Crippen LogP contribution in [0.5, 0.6) is 0 Å². The highest BCUT2D eigenvalue weighted by molar-refractivity contribution is 5.84. The Morgan fingerprint density at radius 2 is 1.90 bits per heavy atom. The van der Waals surface area contributed by atoms with Crippen LogP contribution in [0.15, 0.2) is 67.4 Å². The first-order valence-corrected chi connectivity index (χ1v) is 6.70. The van der Waals surface area contributed by atoms with Crippen LogP contribution in [-0.2, 0) is 13.0 Å². The Kier molecular flexibility index (Phi) is 3.38. The molecule has 20 heavy (non-hydrogen) atoms. The lowest BCUT2D eigenvalue weighted by Crippen LogP contribution is -1.97. The molecule has 1 heterocycles. The Bertz CT molecular complexity index is 741. The second-order valence-electron chi connectivity index (χ2n) is 4.92. The van der Waals surface area contributed by atoms with Crippen molar-refractivity contribution >= 4 is 10.9 Å². The van der Waals surface area contributed by atoms with E-state index >= 15 is 0 Å². The molecule has 2 heteroatoms. The monoisotopic (exact) mass is 265 g/mol. The highest BCUT2D eigenvalue weighted by Crippen LogP contribution is 2.24. The van der Waals surface area contributed by atoms with Crippen molar-refractivity contribution in [2.45, 2.75) is 13.0 Å². The van der Waals surface area contributed by atoms with Crippen LogP contribution in [0.3, 0.4) is 0 Å². The van der Waals surface area contributed by atoms with E-state index in [1.54, 1.807) is 6.07 Å². The second kappa shape index (κ2) is 5.33. The molecule has 1 aromatic heterocycles. The van der Waals surface area contributed by atoms with Gasteiger partial charge in [-0.1, -0.05) is 36.4 Å². The van der Waals surface area contributed by atoms with E-state index in [9.17, 15) is 4.39 Å². The minimum absolute atomic E-state index is 0.194. The van der Waals surface area contributed by atoms with Crippen LogP contribution in [-0.4, -0.2) is 4.57 Å². The molecule has 0 atom stereocenters. The molecule has 0 amide bonds. The third-order valence-corrected chi connectivity index (χ3v) is 3.49. The summed E-state index contributed by atoms with van der Waals surface area (Å²) >= 11 is 0. The number of nitrogens with zero attached hydrogens (tertiary/aromatic N) is 1. The van der Waals surface area contributed by atoms with Crippen molar-refractivity contribution in [3.05, 3.63) is 84.3 Å². The van der Waals surface area contributed by atoms with Crippen LogP contribution in [0.4, 0.5) is 4.39 Å². The maximum absolute atomic E-state index is 13.5. The summed E-state index contributed by atoms with van der Waals surface area (Å²) in [6, 6.07) is 15.2. The first kappa shape index (κ1) is 12.7. The van der Waals surface area contributed by atoms with Crippen LogP contribution >= 0.6 is 0 Å². The summed E-state index contributed by atoms with van der Waals surface area (Å²) in [5.74, 6) is -0.194. The van der Waals surface area contributed by atoms with Gasteiger partial charge in [-0.25, -0.2) is 4.39 Å². The molecule has 100 valence electrons. The van der Waals surface area contributed by atoms with Crippen LogP contribution in [0.2, 0.25) is 0 Å². The molecule has 2 aromatic carbocycles. The minimum Gasteiger partial charge on any atom is -0.343 e. The van der Waals surface area contributed by atoms with E-state index in [0.717, 1.165) is 29.4 Å². The Morgan fingerprint density at radius 1 is 1.10 bits per heavy atom. The Labute approximate surface area is 118 Å². The van der Waals surface area contributed by atoms with Gasteiger partial charge in [0.1, 0.15) is 5.82 Å². The van der Waals surface area contributed by atoms with Crippen molar-refractivity contribution in [3.63, 3.8) is 0 Å². The van der Waals surface area contributed by atoms with Gasteiger partial charge in [-0.05, 0) is 35.7 Å². The van der Waals surface area contributed by atoms with Gasteiger partial charge in [0.2, 0.25) is 0 Å². The van der Waals surface area contributed by atoms with Gasteiger partial charge in [-0.15, -0.1) is 6.58 Å². The van der Waals surface area contributed by atoms with E-state index < -0.39 is 0 Å². The van der Waals surface area contributed by atoms with Crippen molar-refractivity contribution < 1.29 is 4.39 Å². The molecule has 0 saturated carbocycles. The smallest absolute Gasteiger partial charge is 0.123 e. The number of benzene rings is 2. The maximum atomic E-state index is 13.5. The fourth-order valence-corrected chi connectivity index (χ4v) is 2.57. The number of hydrogen-bond acceptors (Lipinski definition) is 0. The standard InChI is InChI=1S/C18H16FN/c1-2-6-15-13-20(12-14-7-4-3-5-8-14)18-10-9-16(19)11-17(15)18/h2-5,7-11,13H,1,6,12H2. The lowest BCUT2D eigenvalue weighted by molar-refractivity contribution is 0.629. The molecule has 0 radical (unpaired) electrons. The van der Waals surface area contributed by atoms with E-state index in [1.807, 2.05) is 30.3 Å². The van der Waals surface area contributed by atoms with E-state index in [2.05, 4.69) is 29.5 Å². The Morgan fingerprint density at radius 3 is 2.65 bits per heavy atom. The summed E-state index contributed by atoms with van der Waals surface area (Å²) in [5, 5.41) is 0.973. The van der Waals surface area contributed by atoms with Gasteiger partial charge in [0, 0.05) is 23.6 Å². The van der Waals surface area contributed by atoms with Gasteiger partial charge in [0.05, 0.1) is 0 Å². The summed E-state index contributed by atoms with van der Waals surface area (Å²) in [6.45, 7) is 4.57. The third-order valence-electron chi connectivity index (χ3n) is 3.49. The summed E-state index contributed by atoms with van der Waals surface area (Å²) in [4.78, 5) is 0. The van der Waals surface area contributed by atoms with Gasteiger partial charge < -0.3 is 4.57 Å². The molecular formula is C18H16FN. The van der Waals surface area contributed by atoms with Crippen LogP contribution in [0, 0.1) is 5.82 Å². The predicted molar refractivity (Wildman–Crippen MR) is 81.3 cm³/mol. The largest absolute Gasteiger partial charge is 0.343 e. The lowest BCUT2D eigenvalue weighted by atomic mass is 10.1. The van der Waals surface area contributed by atoms with Gasteiger partial charge in [0.25, 0.3) is 0 Å². The molecule has 0 aliphatic heterocycles. The average Bonchev–Trinajstić information content (AvgIpc) is 2.78. The highest BCUT2D eigenvalue weighted by Gasteiger charge is 2.08. The zero-order valence-electron chi connectivity index (χ0n) is 11.2. The molecule has 3 rings (SSSR count). The lowest BCUT2D eigenvalue weighted by Gasteiger charge is -2.05. The molecule has 3 aromatic rings. The van der Waals surface area contributed by atoms with E-state index in [-0.39, 0.29) is 5.82 Å². The van der Waals surface area contributed by atoms with Crippen molar-refractivity contribution in [2.24, 2.45) is 0 Å². The first-order chi connectivity index (χ1) is 9.78. The van der Waals surface area contributed by atoms with E-state index in [4.69, 9.17) is 0 Å². The Balaban J connectivity index is 2.09. The molecule has 0 bridgehead atoms. The number of rotatable bonds is 4. The van der Waals surface area contributed by atoms with Crippen molar-refractivity contribution in [2.75, 3.05) is 0 Å². The fourth-order valence-electron chi connectivity index (χ4n) is 2.57. The molecule has 0 fully saturated rings. The average molecular weight is 265 g/mol. The van der Waals surface area contributed by atoms with Crippen LogP contribution < -0.4 is 0 Å². The molecule has 0 unspecified atom stereocenters. The normalized spacial score (nSPS) is 10.8. The maximum Gasteiger partial charge on any atom is 0.123 e. The molecule has 0 aliphatic carbocycles. The summed E-state index contributed by atoms with van der Waals surface area (Å²) in [5.41, 5.74) is 3.41. The van der Waals surface area contributed by atoms with Gasteiger partial charge in [0.15, 0.2) is 0 Å². The highest BCUT2D eigenvalue weighted by atomic mass is 19.1. The predicted octanol–water partition coefficient (Wildman–Crippen LogP) is 4.56. The minimum atomic E-state index is -0.194. The molecular weight excluding hydrogens is 249 g/mol. The van der Waals surface area contributed by atoms with Crippen molar-refractivity contribution in [3.8, 4) is 0 Å². The Hall–Kier alpha value is -2.35. The van der Waals surface area contributed by atoms with E-state index in [1.165, 1.54) is 11.6 Å². The number of fused-ring (bicyclic) bond motifs is 1. The second-order valence-corrected chi connectivity index (χ2v) is 4.92. The zero-order valence-corrected chi connectivity index (χ0v) is 11.2. The quantitative estimate of drug-likeness (QED) is 0.609. The van der Waals surface area contributed by atoms with Gasteiger partial charge in [-0.3, -0.25) is 0 Å². The van der Waals surface area contributed by atoms with Crippen molar-refractivity contribution in [1.29, 1.82) is 0 Å². The number of aromatic nitrogens is 1. The van der Waals surface area contributed by atoms with Crippen LogP contribution in [0.25, 0.3) is 10.9 Å². The van der Waals surface area contributed by atoms with Gasteiger partial charge >= 0.3 is 0 Å². The summed E-state index contributed by atoms with van der Waals surface area (Å²) in [7, 11) is 0. The molecule has 0 aliphatic rings. The molecule has 0 spiro atoms. The number of hydrogen-bond donors (Lipinski definition) is 0. The number of halogens is 1. The summed E-state index contributed by atoms with van der Waals surface area (Å²) in [6.07, 6.45) is 4.70. The van der Waals surface area contributed by atoms with Crippen molar-refractivity contribution in [1.82, 2.24) is 4.57 Å². The SMILES string of the molecule is C=CCc1cn(Cc2ccccc2)c2ccc(F)cc12. The third kappa shape index (κ3) is 2.37. The summed E-state index contributed by atoms with van der Waals surface area (Å²) < 4.78 is 15.6. The van der Waals surface area contributed by atoms with Gasteiger partial charge in [-0.2, -0.15) is 0 Å². The number of allylic oxidation sites excluding steroid dienone is 1.